The van der Waals surface area contributed by atoms with Gasteiger partial charge in [-0.25, -0.2) is 0 Å². The Morgan fingerprint density at radius 2 is 1.71 bits per heavy atom. The highest BCUT2D eigenvalue weighted by atomic mass is 16.5. The fourth-order valence-corrected chi connectivity index (χ4v) is 3.61. The first-order valence-electron chi connectivity index (χ1n) is 9.42. The minimum Gasteiger partial charge on any atom is -0.493 e. The normalized spacial score (nSPS) is 15.5. The van der Waals surface area contributed by atoms with Gasteiger partial charge in [-0.3, -0.25) is 4.90 Å². The van der Waals surface area contributed by atoms with E-state index in [9.17, 15) is 4.79 Å². The molecule has 0 saturated carbocycles. The predicted molar refractivity (Wildman–Crippen MR) is 110 cm³/mol. The highest BCUT2D eigenvalue weighted by molar-refractivity contribution is 5.67. The molecule has 1 atom stereocenters. The monoisotopic (exact) mass is 381 g/mol. The molecular formula is C23H27NO4. The van der Waals surface area contributed by atoms with Gasteiger partial charge in [0.1, 0.15) is 6.29 Å². The molecule has 28 heavy (non-hydrogen) atoms. The number of hydrogen-bond acceptors (Lipinski definition) is 5. The second-order valence-corrected chi connectivity index (χ2v) is 6.81. The zero-order chi connectivity index (χ0) is 19.9. The van der Waals surface area contributed by atoms with Gasteiger partial charge in [0.05, 0.1) is 27.2 Å². The maximum Gasteiger partial charge on any atom is 0.203 e. The van der Waals surface area contributed by atoms with Crippen LogP contribution >= 0.6 is 0 Å². The van der Waals surface area contributed by atoms with Gasteiger partial charge in [0, 0.05) is 19.6 Å². The molecule has 3 rings (SSSR count). The van der Waals surface area contributed by atoms with E-state index in [-0.39, 0.29) is 5.92 Å². The lowest BCUT2D eigenvalue weighted by Crippen LogP contribution is -2.33. The van der Waals surface area contributed by atoms with Crippen molar-refractivity contribution in [3.05, 3.63) is 59.7 Å². The van der Waals surface area contributed by atoms with Crippen molar-refractivity contribution in [2.45, 2.75) is 12.3 Å². The van der Waals surface area contributed by atoms with E-state index in [2.05, 4.69) is 35.2 Å². The molecule has 1 unspecified atom stereocenters. The van der Waals surface area contributed by atoms with Crippen LogP contribution in [0.3, 0.4) is 0 Å². The lowest BCUT2D eigenvalue weighted by atomic mass is 9.96. The molecule has 1 aliphatic heterocycles. The Kier molecular flexibility index (Phi) is 6.71. The molecule has 5 heteroatoms. The summed E-state index contributed by atoms with van der Waals surface area (Å²) < 4.78 is 16.2. The van der Waals surface area contributed by atoms with Crippen molar-refractivity contribution >= 4 is 11.9 Å². The molecule has 2 aromatic rings. The van der Waals surface area contributed by atoms with E-state index in [4.69, 9.17) is 14.2 Å². The number of carbonyl (C=O) groups is 1. The van der Waals surface area contributed by atoms with Crippen LogP contribution in [-0.4, -0.2) is 52.1 Å². The summed E-state index contributed by atoms with van der Waals surface area (Å²) >= 11 is 0. The fraction of sp³-hybridized carbons (Fsp3) is 0.348. The van der Waals surface area contributed by atoms with Crippen LogP contribution in [-0.2, 0) is 4.79 Å². The zero-order valence-corrected chi connectivity index (χ0v) is 16.7. The van der Waals surface area contributed by atoms with Crippen LogP contribution in [0.2, 0.25) is 0 Å². The van der Waals surface area contributed by atoms with Crippen LogP contribution in [0, 0.1) is 0 Å². The van der Waals surface area contributed by atoms with Crippen LogP contribution in [0.15, 0.2) is 48.5 Å². The van der Waals surface area contributed by atoms with Crippen LogP contribution < -0.4 is 14.2 Å². The van der Waals surface area contributed by atoms with Gasteiger partial charge in [-0.05, 0) is 35.3 Å². The number of nitrogens with zero attached hydrogens (tertiary/aromatic N) is 1. The van der Waals surface area contributed by atoms with Crippen molar-refractivity contribution in [2.24, 2.45) is 0 Å². The van der Waals surface area contributed by atoms with Crippen molar-refractivity contribution in [3.8, 4) is 17.2 Å². The zero-order valence-electron chi connectivity index (χ0n) is 16.7. The number of hydrogen-bond donors (Lipinski definition) is 0. The van der Waals surface area contributed by atoms with Crippen molar-refractivity contribution < 1.29 is 19.0 Å². The molecule has 0 radical (unpaired) electrons. The van der Waals surface area contributed by atoms with Gasteiger partial charge in [-0.2, -0.15) is 0 Å². The van der Waals surface area contributed by atoms with E-state index in [1.807, 2.05) is 18.2 Å². The van der Waals surface area contributed by atoms with E-state index in [0.29, 0.717) is 23.8 Å². The quantitative estimate of drug-likeness (QED) is 0.651. The molecule has 0 fully saturated rings. The molecule has 2 aromatic carbocycles. The number of carbonyl (C=O) groups excluding carboxylic acids is 1. The van der Waals surface area contributed by atoms with E-state index >= 15 is 0 Å². The number of aldehydes is 1. The van der Waals surface area contributed by atoms with Gasteiger partial charge >= 0.3 is 0 Å². The Morgan fingerprint density at radius 3 is 2.21 bits per heavy atom. The second kappa shape index (κ2) is 9.42. The first-order chi connectivity index (χ1) is 13.7. The Labute approximate surface area is 166 Å². The highest BCUT2D eigenvalue weighted by Gasteiger charge is 2.22. The summed E-state index contributed by atoms with van der Waals surface area (Å²) in [6.07, 6.45) is 4.23. The van der Waals surface area contributed by atoms with E-state index in [0.717, 1.165) is 31.4 Å². The lowest BCUT2D eigenvalue weighted by molar-refractivity contribution is -0.109. The number of benzene rings is 2. The number of methoxy groups -OCH3 is 3. The molecule has 0 N–H and O–H groups in total. The third-order valence-corrected chi connectivity index (χ3v) is 5.17. The third kappa shape index (κ3) is 4.37. The van der Waals surface area contributed by atoms with E-state index < -0.39 is 0 Å². The van der Waals surface area contributed by atoms with Crippen LogP contribution in [0.4, 0.5) is 0 Å². The Hall–Kier alpha value is -2.79. The molecule has 0 bridgehead atoms. The molecule has 0 saturated heterocycles. The first kappa shape index (κ1) is 20.0. The number of rotatable bonds is 8. The summed E-state index contributed by atoms with van der Waals surface area (Å²) in [5, 5.41) is 0. The van der Waals surface area contributed by atoms with Gasteiger partial charge in [-0.1, -0.05) is 36.4 Å². The molecule has 0 spiro atoms. The van der Waals surface area contributed by atoms with Crippen LogP contribution in [0.25, 0.3) is 5.57 Å². The van der Waals surface area contributed by atoms with Gasteiger partial charge < -0.3 is 19.0 Å². The highest BCUT2D eigenvalue weighted by Crippen LogP contribution is 2.40. The van der Waals surface area contributed by atoms with Crippen molar-refractivity contribution in [1.82, 2.24) is 4.90 Å². The summed E-state index contributed by atoms with van der Waals surface area (Å²) in [4.78, 5) is 14.2. The maximum absolute atomic E-state index is 11.9. The molecule has 5 nitrogen and oxygen atoms in total. The van der Waals surface area contributed by atoms with Gasteiger partial charge in [0.2, 0.25) is 5.75 Å². The summed E-state index contributed by atoms with van der Waals surface area (Å²) in [6, 6.07) is 14.2. The van der Waals surface area contributed by atoms with Gasteiger partial charge in [-0.15, -0.1) is 0 Å². The molecule has 0 aliphatic carbocycles. The first-order valence-corrected chi connectivity index (χ1v) is 9.42. The summed E-state index contributed by atoms with van der Waals surface area (Å²) in [6.45, 7) is 2.41. The molecule has 148 valence electrons. The average molecular weight is 381 g/mol. The SMILES string of the molecule is COc1cc(C(C=O)CN2CC=C(c3ccccc3)CC2)cc(OC)c1OC. The minimum absolute atomic E-state index is 0.264. The van der Waals surface area contributed by atoms with Gasteiger partial charge in [0.15, 0.2) is 11.5 Å². The third-order valence-electron chi connectivity index (χ3n) is 5.17. The predicted octanol–water partition coefficient (Wildman–Crippen LogP) is 3.78. The molecule has 0 aromatic heterocycles. The smallest absolute Gasteiger partial charge is 0.203 e. The van der Waals surface area contributed by atoms with Crippen LogP contribution in [0.5, 0.6) is 17.2 Å². The maximum atomic E-state index is 11.9. The van der Waals surface area contributed by atoms with Crippen molar-refractivity contribution in [3.63, 3.8) is 0 Å². The van der Waals surface area contributed by atoms with Crippen molar-refractivity contribution in [2.75, 3.05) is 41.0 Å². The Bertz CT molecular complexity index is 807. The largest absolute Gasteiger partial charge is 0.493 e. The summed E-state index contributed by atoms with van der Waals surface area (Å²) in [5.41, 5.74) is 3.51. The average Bonchev–Trinajstić information content (AvgIpc) is 2.77. The summed E-state index contributed by atoms with van der Waals surface area (Å²) in [7, 11) is 4.73. The van der Waals surface area contributed by atoms with Crippen LogP contribution in [0.1, 0.15) is 23.5 Å². The number of ether oxygens (including phenoxy) is 3. The fourth-order valence-electron chi connectivity index (χ4n) is 3.61. The topological polar surface area (TPSA) is 48.0 Å². The molecule has 1 heterocycles. The summed E-state index contributed by atoms with van der Waals surface area (Å²) in [5.74, 6) is 1.40. The second-order valence-electron chi connectivity index (χ2n) is 6.81. The standard InChI is InChI=1S/C23H27NO4/c1-26-21-13-19(14-22(27-2)23(21)28-3)20(16-25)15-24-11-9-18(10-12-24)17-7-5-4-6-8-17/h4-9,13-14,16,20H,10-12,15H2,1-3H3. The lowest BCUT2D eigenvalue weighted by Gasteiger charge is -2.29. The van der Waals surface area contributed by atoms with E-state index in [1.54, 1.807) is 21.3 Å². The van der Waals surface area contributed by atoms with E-state index in [1.165, 1.54) is 11.1 Å². The Morgan fingerprint density at radius 1 is 1.04 bits per heavy atom. The molecule has 1 aliphatic rings. The molecular weight excluding hydrogens is 354 g/mol. The Balaban J connectivity index is 1.75. The minimum atomic E-state index is -0.264. The molecule has 0 amide bonds. The van der Waals surface area contributed by atoms with Gasteiger partial charge in [0.25, 0.3) is 0 Å². The van der Waals surface area contributed by atoms with Crippen molar-refractivity contribution in [1.29, 1.82) is 0 Å².